The average Bonchev–Trinajstić information content (AvgIpc) is 3.12. The fourth-order valence-electron chi connectivity index (χ4n) is 1.82. The minimum Gasteiger partial charge on any atom is -0.454 e. The number of carbonyl (C=O) groups excluding carboxylic acids is 1. The predicted molar refractivity (Wildman–Crippen MR) is 75.0 cm³/mol. The molecule has 0 radical (unpaired) electrons. The number of benzene rings is 1. The molecule has 0 bridgehead atoms. The summed E-state index contributed by atoms with van der Waals surface area (Å²) in [6, 6.07) is 5.21. The fraction of sp³-hybridized carbons (Fsp3) is 0.214. The van der Waals surface area contributed by atoms with Gasteiger partial charge in [0.15, 0.2) is 12.4 Å². The van der Waals surface area contributed by atoms with E-state index in [9.17, 15) is 14.0 Å². The molecule has 3 rings (SSSR count). The molecule has 124 valence electrons. The molecule has 0 aliphatic carbocycles. The second-order valence-electron chi connectivity index (χ2n) is 4.73. The van der Waals surface area contributed by atoms with Crippen LogP contribution in [0.25, 0.3) is 11.5 Å². The summed E-state index contributed by atoms with van der Waals surface area (Å²) in [6.45, 7) is 0.967. The van der Waals surface area contributed by atoms with Gasteiger partial charge in [0.25, 0.3) is 5.89 Å². The number of aromatic nitrogens is 4. The SMILES string of the molecule is Cc1noc(COC(=O)Cn2nc(-c3ccc(F)cc3)oc2=O)n1. The molecule has 0 atom stereocenters. The number of halogens is 1. The minimum atomic E-state index is -0.833. The van der Waals surface area contributed by atoms with Crippen LogP contribution in [0.2, 0.25) is 0 Å². The highest BCUT2D eigenvalue weighted by Gasteiger charge is 2.15. The van der Waals surface area contributed by atoms with Crippen LogP contribution in [-0.4, -0.2) is 25.9 Å². The highest BCUT2D eigenvalue weighted by molar-refractivity contribution is 5.69. The molecule has 0 fully saturated rings. The molecule has 0 saturated heterocycles. The van der Waals surface area contributed by atoms with E-state index < -0.39 is 24.1 Å². The van der Waals surface area contributed by atoms with E-state index in [2.05, 4.69) is 15.2 Å². The quantitative estimate of drug-likeness (QED) is 0.637. The van der Waals surface area contributed by atoms with Crippen molar-refractivity contribution in [3.05, 3.63) is 52.3 Å². The fourth-order valence-corrected chi connectivity index (χ4v) is 1.82. The van der Waals surface area contributed by atoms with Crippen molar-refractivity contribution in [2.45, 2.75) is 20.1 Å². The summed E-state index contributed by atoms with van der Waals surface area (Å²) < 4.78 is 28.3. The van der Waals surface area contributed by atoms with Crippen LogP contribution in [0, 0.1) is 12.7 Å². The standard InChI is InChI=1S/C14H11FN4O5/c1-8-16-11(24-18-8)7-22-12(20)6-19-14(21)23-13(17-19)9-2-4-10(15)5-3-9/h2-5H,6-7H2,1H3. The van der Waals surface area contributed by atoms with Gasteiger partial charge in [0.1, 0.15) is 12.4 Å². The van der Waals surface area contributed by atoms with E-state index in [1.165, 1.54) is 24.3 Å². The Morgan fingerprint density at radius 2 is 2.08 bits per heavy atom. The molecular weight excluding hydrogens is 323 g/mol. The lowest BCUT2D eigenvalue weighted by Gasteiger charge is -2.00. The molecule has 0 amide bonds. The van der Waals surface area contributed by atoms with Gasteiger partial charge in [0, 0.05) is 5.56 Å². The minimum absolute atomic E-state index is 0.0275. The highest BCUT2D eigenvalue weighted by Crippen LogP contribution is 2.15. The van der Waals surface area contributed by atoms with E-state index in [4.69, 9.17) is 13.7 Å². The Bertz CT molecular complexity index is 912. The molecule has 0 spiro atoms. The molecule has 9 nitrogen and oxygen atoms in total. The maximum Gasteiger partial charge on any atom is 0.437 e. The number of aryl methyl sites for hydroxylation is 1. The first-order chi connectivity index (χ1) is 11.5. The molecular formula is C14H11FN4O5. The molecule has 0 saturated carbocycles. The summed E-state index contributed by atoms with van der Waals surface area (Å²) >= 11 is 0. The number of hydrogen-bond donors (Lipinski definition) is 0. The maximum atomic E-state index is 12.9. The van der Waals surface area contributed by atoms with Crippen LogP contribution in [0.4, 0.5) is 4.39 Å². The summed E-state index contributed by atoms with van der Waals surface area (Å²) in [5, 5.41) is 7.42. The van der Waals surface area contributed by atoms with Crippen molar-refractivity contribution < 1.29 is 22.9 Å². The van der Waals surface area contributed by atoms with Crippen molar-refractivity contribution in [2.75, 3.05) is 0 Å². The molecule has 10 heteroatoms. The van der Waals surface area contributed by atoms with Gasteiger partial charge < -0.3 is 13.7 Å². The lowest BCUT2D eigenvalue weighted by atomic mass is 10.2. The second-order valence-corrected chi connectivity index (χ2v) is 4.73. The topological polar surface area (TPSA) is 113 Å². The maximum absolute atomic E-state index is 12.9. The molecule has 24 heavy (non-hydrogen) atoms. The third-order valence-corrected chi connectivity index (χ3v) is 2.90. The first-order valence-electron chi connectivity index (χ1n) is 6.80. The Balaban J connectivity index is 1.65. The van der Waals surface area contributed by atoms with Crippen LogP contribution in [0.5, 0.6) is 0 Å². The summed E-state index contributed by atoms with van der Waals surface area (Å²) in [5.74, 6) is -1.47. The van der Waals surface area contributed by atoms with Crippen molar-refractivity contribution in [3.63, 3.8) is 0 Å². The summed E-state index contributed by atoms with van der Waals surface area (Å²) in [6.07, 6.45) is 0. The lowest BCUT2D eigenvalue weighted by molar-refractivity contribution is -0.146. The first-order valence-corrected chi connectivity index (χ1v) is 6.80. The van der Waals surface area contributed by atoms with Crippen LogP contribution >= 0.6 is 0 Å². The molecule has 0 aliphatic rings. The number of rotatable bonds is 5. The normalized spacial score (nSPS) is 10.8. The monoisotopic (exact) mass is 334 g/mol. The lowest BCUT2D eigenvalue weighted by Crippen LogP contribution is -2.23. The second kappa shape index (κ2) is 6.44. The van der Waals surface area contributed by atoms with Crippen molar-refractivity contribution in [2.24, 2.45) is 0 Å². The van der Waals surface area contributed by atoms with Crippen molar-refractivity contribution in [1.29, 1.82) is 0 Å². The zero-order valence-corrected chi connectivity index (χ0v) is 12.4. The smallest absolute Gasteiger partial charge is 0.437 e. The summed E-state index contributed by atoms with van der Waals surface area (Å²) in [7, 11) is 0. The van der Waals surface area contributed by atoms with E-state index in [0.29, 0.717) is 11.4 Å². The number of nitrogens with zero attached hydrogens (tertiary/aromatic N) is 4. The number of hydrogen-bond acceptors (Lipinski definition) is 8. The zero-order chi connectivity index (χ0) is 17.1. The molecule has 2 aromatic heterocycles. The van der Waals surface area contributed by atoms with Crippen LogP contribution in [-0.2, 0) is 22.7 Å². The van der Waals surface area contributed by atoms with Crippen molar-refractivity contribution in [1.82, 2.24) is 19.9 Å². The number of ether oxygens (including phenoxy) is 1. The Morgan fingerprint density at radius 1 is 1.33 bits per heavy atom. The Labute approximate surface area is 133 Å². The first kappa shape index (κ1) is 15.6. The van der Waals surface area contributed by atoms with Gasteiger partial charge in [-0.1, -0.05) is 5.16 Å². The van der Waals surface area contributed by atoms with Gasteiger partial charge >= 0.3 is 11.7 Å². The summed E-state index contributed by atoms with van der Waals surface area (Å²) in [5.41, 5.74) is 0.405. The molecule has 3 aromatic rings. The Kier molecular flexibility index (Phi) is 4.18. The van der Waals surface area contributed by atoms with E-state index in [1.54, 1.807) is 6.92 Å². The molecule has 0 aliphatic heterocycles. The van der Waals surface area contributed by atoms with Crippen LogP contribution in [0.1, 0.15) is 11.7 Å². The van der Waals surface area contributed by atoms with Crippen molar-refractivity contribution >= 4 is 5.97 Å². The Morgan fingerprint density at radius 3 is 2.75 bits per heavy atom. The van der Waals surface area contributed by atoms with Gasteiger partial charge in [-0.2, -0.15) is 9.67 Å². The number of carbonyl (C=O) groups is 1. The van der Waals surface area contributed by atoms with E-state index in [-0.39, 0.29) is 18.4 Å². The van der Waals surface area contributed by atoms with E-state index in [0.717, 1.165) is 4.68 Å². The van der Waals surface area contributed by atoms with Gasteiger partial charge in [-0.25, -0.2) is 9.18 Å². The third-order valence-electron chi connectivity index (χ3n) is 2.90. The van der Waals surface area contributed by atoms with Crippen LogP contribution < -0.4 is 5.76 Å². The van der Waals surface area contributed by atoms with Gasteiger partial charge in [-0.3, -0.25) is 4.79 Å². The molecule has 0 unspecified atom stereocenters. The molecule has 1 aromatic carbocycles. The van der Waals surface area contributed by atoms with Crippen LogP contribution in [0.3, 0.4) is 0 Å². The zero-order valence-electron chi connectivity index (χ0n) is 12.4. The molecule has 0 N–H and O–H groups in total. The van der Waals surface area contributed by atoms with E-state index in [1.807, 2.05) is 0 Å². The highest BCUT2D eigenvalue weighted by atomic mass is 19.1. The van der Waals surface area contributed by atoms with Crippen LogP contribution in [0.15, 0.2) is 38.0 Å². The van der Waals surface area contributed by atoms with Gasteiger partial charge in [0.05, 0.1) is 0 Å². The third kappa shape index (κ3) is 3.54. The average molecular weight is 334 g/mol. The largest absolute Gasteiger partial charge is 0.454 e. The van der Waals surface area contributed by atoms with E-state index >= 15 is 0 Å². The van der Waals surface area contributed by atoms with Gasteiger partial charge in [-0.15, -0.1) is 5.10 Å². The molecule has 2 heterocycles. The Hall–Kier alpha value is -3.30. The van der Waals surface area contributed by atoms with Gasteiger partial charge in [0.2, 0.25) is 5.89 Å². The summed E-state index contributed by atoms with van der Waals surface area (Å²) in [4.78, 5) is 27.3. The van der Waals surface area contributed by atoms with Crippen molar-refractivity contribution in [3.8, 4) is 11.5 Å². The number of esters is 1. The predicted octanol–water partition coefficient (Wildman–Crippen LogP) is 1.08. The van der Waals surface area contributed by atoms with Gasteiger partial charge in [-0.05, 0) is 31.2 Å².